The van der Waals surface area contributed by atoms with E-state index in [1.54, 1.807) is 0 Å². The first kappa shape index (κ1) is 14.1. The van der Waals surface area contributed by atoms with E-state index in [1.165, 1.54) is 16.7 Å². The minimum absolute atomic E-state index is 0.735. The Hall–Kier alpha value is -1.29. The molecule has 3 nitrogen and oxygen atoms in total. The summed E-state index contributed by atoms with van der Waals surface area (Å²) < 4.78 is 5.23. The van der Waals surface area contributed by atoms with Gasteiger partial charge in [-0.3, -0.25) is 0 Å². The zero-order valence-electron chi connectivity index (χ0n) is 11.8. The third-order valence-electron chi connectivity index (χ3n) is 2.97. The summed E-state index contributed by atoms with van der Waals surface area (Å²) in [5.74, 6) is 3.33. The fourth-order valence-electron chi connectivity index (χ4n) is 1.88. The van der Waals surface area contributed by atoms with Crippen molar-refractivity contribution in [2.45, 2.75) is 45.1 Å². The zero-order valence-corrected chi connectivity index (χ0v) is 12.6. The monoisotopic (exact) mass is 276 g/mol. The molecule has 2 aromatic rings. The zero-order chi connectivity index (χ0) is 13.7. The van der Waals surface area contributed by atoms with Crippen molar-refractivity contribution in [3.8, 4) is 0 Å². The standard InChI is InChI=1S/C15H20N2OS/c1-4-5-14-16-15(18-17-14)10-19-9-13-8-11(2)6-7-12(13)3/h6-8H,4-5,9-10H2,1-3H3. The first-order valence-corrected chi connectivity index (χ1v) is 7.80. The Balaban J connectivity index is 1.87. The summed E-state index contributed by atoms with van der Waals surface area (Å²) in [6, 6.07) is 6.58. The smallest absolute Gasteiger partial charge is 0.236 e. The predicted molar refractivity (Wildman–Crippen MR) is 79.2 cm³/mol. The summed E-state index contributed by atoms with van der Waals surface area (Å²) in [4.78, 5) is 4.37. The molecule has 4 heteroatoms. The molecule has 0 saturated carbocycles. The molecule has 0 unspecified atom stereocenters. The summed E-state index contributed by atoms with van der Waals surface area (Å²) in [6.07, 6.45) is 1.94. The van der Waals surface area contributed by atoms with Gasteiger partial charge in [-0.2, -0.15) is 4.98 Å². The van der Waals surface area contributed by atoms with E-state index < -0.39 is 0 Å². The van der Waals surface area contributed by atoms with Crippen LogP contribution in [0.4, 0.5) is 0 Å². The summed E-state index contributed by atoms with van der Waals surface area (Å²) >= 11 is 1.82. The van der Waals surface area contributed by atoms with Crippen molar-refractivity contribution in [1.82, 2.24) is 10.1 Å². The number of aryl methyl sites for hydroxylation is 3. The minimum Gasteiger partial charge on any atom is -0.338 e. The molecule has 102 valence electrons. The van der Waals surface area contributed by atoms with Crippen LogP contribution in [0.5, 0.6) is 0 Å². The van der Waals surface area contributed by atoms with E-state index in [0.717, 1.165) is 36.1 Å². The fraction of sp³-hybridized carbons (Fsp3) is 0.467. The van der Waals surface area contributed by atoms with Gasteiger partial charge in [0.1, 0.15) is 0 Å². The van der Waals surface area contributed by atoms with Gasteiger partial charge in [0.05, 0.1) is 5.75 Å². The molecule has 0 aliphatic heterocycles. The molecule has 0 atom stereocenters. The number of thioether (sulfide) groups is 1. The van der Waals surface area contributed by atoms with Crippen LogP contribution in [0.15, 0.2) is 22.7 Å². The average Bonchev–Trinajstić information content (AvgIpc) is 2.82. The summed E-state index contributed by atoms with van der Waals surface area (Å²) in [6.45, 7) is 6.40. The molecular weight excluding hydrogens is 256 g/mol. The second-order valence-corrected chi connectivity index (χ2v) is 5.76. The normalized spacial score (nSPS) is 10.9. The van der Waals surface area contributed by atoms with Gasteiger partial charge >= 0.3 is 0 Å². The topological polar surface area (TPSA) is 38.9 Å². The van der Waals surface area contributed by atoms with Gasteiger partial charge in [0.15, 0.2) is 5.82 Å². The highest BCUT2D eigenvalue weighted by atomic mass is 32.2. The van der Waals surface area contributed by atoms with Crippen LogP contribution in [0.3, 0.4) is 0 Å². The van der Waals surface area contributed by atoms with Gasteiger partial charge in [-0.15, -0.1) is 11.8 Å². The Labute approximate surface area is 118 Å². The fourth-order valence-corrected chi connectivity index (χ4v) is 2.80. The molecule has 1 heterocycles. The lowest BCUT2D eigenvalue weighted by molar-refractivity contribution is 0.384. The molecule has 0 fully saturated rings. The molecule has 0 radical (unpaired) electrons. The van der Waals surface area contributed by atoms with Crippen molar-refractivity contribution in [2.24, 2.45) is 0 Å². The van der Waals surface area contributed by atoms with Gasteiger partial charge in [-0.1, -0.05) is 35.8 Å². The Kier molecular flexibility index (Phi) is 5.02. The highest BCUT2D eigenvalue weighted by Crippen LogP contribution is 2.20. The lowest BCUT2D eigenvalue weighted by Gasteiger charge is -2.05. The predicted octanol–water partition coefficient (Wildman–Crippen LogP) is 4.07. The van der Waals surface area contributed by atoms with Gasteiger partial charge in [0, 0.05) is 12.2 Å². The maximum atomic E-state index is 5.23. The number of hydrogen-bond donors (Lipinski definition) is 0. The van der Waals surface area contributed by atoms with Crippen molar-refractivity contribution in [3.05, 3.63) is 46.6 Å². The van der Waals surface area contributed by atoms with E-state index in [9.17, 15) is 0 Å². The van der Waals surface area contributed by atoms with Crippen LogP contribution in [-0.4, -0.2) is 10.1 Å². The van der Waals surface area contributed by atoms with Crippen LogP contribution >= 0.6 is 11.8 Å². The molecule has 2 rings (SSSR count). The van der Waals surface area contributed by atoms with Crippen molar-refractivity contribution >= 4 is 11.8 Å². The summed E-state index contributed by atoms with van der Waals surface area (Å²) in [7, 11) is 0. The molecule has 0 amide bonds. The van der Waals surface area contributed by atoms with Crippen LogP contribution in [-0.2, 0) is 17.9 Å². The lowest BCUT2D eigenvalue weighted by Crippen LogP contribution is -1.90. The van der Waals surface area contributed by atoms with Gasteiger partial charge < -0.3 is 4.52 Å². The molecule has 0 N–H and O–H groups in total. The molecule has 0 spiro atoms. The Morgan fingerprint density at radius 3 is 2.84 bits per heavy atom. The van der Waals surface area contributed by atoms with Crippen molar-refractivity contribution in [2.75, 3.05) is 0 Å². The van der Waals surface area contributed by atoms with Crippen LogP contribution < -0.4 is 0 Å². The van der Waals surface area contributed by atoms with E-state index >= 15 is 0 Å². The molecule has 0 aliphatic rings. The first-order valence-electron chi connectivity index (χ1n) is 6.64. The van der Waals surface area contributed by atoms with Gasteiger partial charge in [-0.25, -0.2) is 0 Å². The highest BCUT2D eigenvalue weighted by Gasteiger charge is 2.06. The van der Waals surface area contributed by atoms with E-state index in [-0.39, 0.29) is 0 Å². The molecular formula is C15H20N2OS. The second kappa shape index (κ2) is 6.75. The van der Waals surface area contributed by atoms with Crippen molar-refractivity contribution < 1.29 is 4.52 Å². The van der Waals surface area contributed by atoms with Gasteiger partial charge in [-0.05, 0) is 31.4 Å². The van der Waals surface area contributed by atoms with E-state index in [2.05, 4.69) is 49.1 Å². The van der Waals surface area contributed by atoms with E-state index in [1.807, 2.05) is 11.8 Å². The minimum atomic E-state index is 0.735. The Morgan fingerprint density at radius 2 is 2.05 bits per heavy atom. The number of nitrogens with zero attached hydrogens (tertiary/aromatic N) is 2. The molecule has 0 bridgehead atoms. The largest absolute Gasteiger partial charge is 0.338 e. The van der Waals surface area contributed by atoms with Crippen LogP contribution in [0.25, 0.3) is 0 Å². The third-order valence-corrected chi connectivity index (χ3v) is 3.94. The third kappa shape index (κ3) is 4.10. The van der Waals surface area contributed by atoms with Crippen LogP contribution in [0.2, 0.25) is 0 Å². The summed E-state index contributed by atoms with van der Waals surface area (Å²) in [5, 5.41) is 3.96. The SMILES string of the molecule is CCCc1noc(CSCc2cc(C)ccc2C)n1. The van der Waals surface area contributed by atoms with E-state index in [0.29, 0.717) is 0 Å². The molecule has 0 aliphatic carbocycles. The number of rotatable bonds is 6. The Morgan fingerprint density at radius 1 is 1.21 bits per heavy atom. The first-order chi connectivity index (χ1) is 9.19. The number of benzene rings is 1. The summed E-state index contributed by atoms with van der Waals surface area (Å²) in [5.41, 5.74) is 4.04. The lowest BCUT2D eigenvalue weighted by atomic mass is 10.1. The molecule has 1 aromatic carbocycles. The van der Waals surface area contributed by atoms with Crippen LogP contribution in [0.1, 0.15) is 41.8 Å². The quantitative estimate of drug-likeness (QED) is 0.797. The maximum absolute atomic E-state index is 5.23. The van der Waals surface area contributed by atoms with Crippen molar-refractivity contribution in [3.63, 3.8) is 0 Å². The van der Waals surface area contributed by atoms with Gasteiger partial charge in [0.2, 0.25) is 5.89 Å². The molecule has 19 heavy (non-hydrogen) atoms. The molecule has 0 saturated heterocycles. The van der Waals surface area contributed by atoms with Gasteiger partial charge in [0.25, 0.3) is 0 Å². The average molecular weight is 276 g/mol. The second-order valence-electron chi connectivity index (χ2n) is 4.78. The van der Waals surface area contributed by atoms with E-state index in [4.69, 9.17) is 4.52 Å². The Bertz CT molecular complexity index is 537. The molecule has 1 aromatic heterocycles. The highest BCUT2D eigenvalue weighted by molar-refractivity contribution is 7.97. The number of hydrogen-bond acceptors (Lipinski definition) is 4. The number of aromatic nitrogens is 2. The van der Waals surface area contributed by atoms with Crippen molar-refractivity contribution in [1.29, 1.82) is 0 Å². The van der Waals surface area contributed by atoms with Crippen LogP contribution in [0, 0.1) is 13.8 Å². The maximum Gasteiger partial charge on any atom is 0.236 e.